The summed E-state index contributed by atoms with van der Waals surface area (Å²) in [6.07, 6.45) is -0.112. The highest BCUT2D eigenvalue weighted by atomic mass is 19.3. The van der Waals surface area contributed by atoms with Crippen LogP contribution in [0.15, 0.2) is 24.5 Å². The Labute approximate surface area is 68.9 Å². The van der Waals surface area contributed by atoms with Crippen molar-refractivity contribution in [1.82, 2.24) is 4.98 Å². The second-order valence-electron chi connectivity index (χ2n) is 2.69. The Morgan fingerprint density at radius 1 is 1.58 bits per heavy atom. The van der Waals surface area contributed by atoms with Crippen LogP contribution in [0.3, 0.4) is 0 Å². The average Bonchev–Trinajstić information content (AvgIpc) is 2.06. The van der Waals surface area contributed by atoms with Gasteiger partial charge in [-0.2, -0.15) is 0 Å². The molecule has 0 aliphatic rings. The lowest BCUT2D eigenvalue weighted by atomic mass is 9.99. The van der Waals surface area contributed by atoms with Crippen LogP contribution in [0.2, 0.25) is 0 Å². The third kappa shape index (κ3) is 1.58. The highest BCUT2D eigenvalue weighted by molar-refractivity contribution is 5.17. The molecule has 4 heteroatoms. The fourth-order valence-corrected chi connectivity index (χ4v) is 0.788. The van der Waals surface area contributed by atoms with Gasteiger partial charge in [-0.05, 0) is 13.0 Å². The number of rotatable bonds is 2. The Bertz CT molecular complexity index is 248. The fourth-order valence-electron chi connectivity index (χ4n) is 0.788. The normalized spacial score (nSPS) is 16.1. The van der Waals surface area contributed by atoms with Gasteiger partial charge in [0.05, 0.1) is 0 Å². The second-order valence-corrected chi connectivity index (χ2v) is 2.69. The summed E-state index contributed by atoms with van der Waals surface area (Å²) in [7, 11) is 0. The van der Waals surface area contributed by atoms with Crippen molar-refractivity contribution in [1.29, 1.82) is 0 Å². The molecule has 0 radical (unpaired) electrons. The molecule has 1 aromatic heterocycles. The Morgan fingerprint density at radius 2 is 2.25 bits per heavy atom. The second kappa shape index (κ2) is 3.15. The third-order valence-electron chi connectivity index (χ3n) is 1.67. The number of nitrogens with zero attached hydrogens (tertiary/aromatic N) is 1. The first kappa shape index (κ1) is 9.06. The van der Waals surface area contributed by atoms with Crippen LogP contribution in [-0.2, 0) is 5.60 Å². The molecule has 12 heavy (non-hydrogen) atoms. The summed E-state index contributed by atoms with van der Waals surface area (Å²) in [6.45, 7) is 1.06. The lowest BCUT2D eigenvalue weighted by Crippen LogP contribution is -2.30. The first-order chi connectivity index (χ1) is 5.55. The van der Waals surface area contributed by atoms with Crippen LogP contribution in [-0.4, -0.2) is 16.5 Å². The molecule has 0 fully saturated rings. The van der Waals surface area contributed by atoms with E-state index in [1.54, 1.807) is 0 Å². The van der Waals surface area contributed by atoms with Gasteiger partial charge in [-0.25, -0.2) is 8.78 Å². The molecule has 1 N–H and O–H groups in total. The number of hydrogen-bond acceptors (Lipinski definition) is 2. The smallest absolute Gasteiger partial charge is 0.270 e. The van der Waals surface area contributed by atoms with Gasteiger partial charge in [0, 0.05) is 18.0 Å². The lowest BCUT2D eigenvalue weighted by molar-refractivity contribution is -0.0885. The molecule has 0 saturated carbocycles. The monoisotopic (exact) mass is 173 g/mol. The van der Waals surface area contributed by atoms with Gasteiger partial charge in [0.25, 0.3) is 6.43 Å². The van der Waals surface area contributed by atoms with Crippen molar-refractivity contribution in [3.63, 3.8) is 0 Å². The summed E-state index contributed by atoms with van der Waals surface area (Å²) in [4.78, 5) is 3.64. The largest absolute Gasteiger partial charge is 0.379 e. The van der Waals surface area contributed by atoms with E-state index in [9.17, 15) is 13.9 Å². The van der Waals surface area contributed by atoms with Gasteiger partial charge >= 0.3 is 0 Å². The maximum Gasteiger partial charge on any atom is 0.270 e. The van der Waals surface area contributed by atoms with E-state index in [0.29, 0.717) is 0 Å². The molecule has 1 aromatic rings. The summed E-state index contributed by atoms with van der Waals surface area (Å²) in [5.41, 5.74) is -1.98. The van der Waals surface area contributed by atoms with Crippen LogP contribution in [0.4, 0.5) is 8.78 Å². The minimum Gasteiger partial charge on any atom is -0.379 e. The van der Waals surface area contributed by atoms with E-state index in [2.05, 4.69) is 4.98 Å². The topological polar surface area (TPSA) is 33.1 Å². The van der Waals surface area contributed by atoms with Crippen molar-refractivity contribution in [3.8, 4) is 0 Å². The van der Waals surface area contributed by atoms with E-state index in [-0.39, 0.29) is 5.56 Å². The molecule has 1 heterocycles. The number of aromatic nitrogens is 1. The van der Waals surface area contributed by atoms with Crippen LogP contribution in [0.25, 0.3) is 0 Å². The maximum atomic E-state index is 12.2. The molecule has 66 valence electrons. The zero-order chi connectivity index (χ0) is 9.19. The van der Waals surface area contributed by atoms with Gasteiger partial charge in [-0.15, -0.1) is 0 Å². The molecule has 2 nitrogen and oxygen atoms in total. The third-order valence-corrected chi connectivity index (χ3v) is 1.67. The number of alkyl halides is 2. The van der Waals surface area contributed by atoms with Gasteiger partial charge in [-0.3, -0.25) is 4.98 Å². The zero-order valence-electron chi connectivity index (χ0n) is 6.54. The Morgan fingerprint density at radius 3 is 2.67 bits per heavy atom. The van der Waals surface area contributed by atoms with Crippen LogP contribution in [0.1, 0.15) is 12.5 Å². The van der Waals surface area contributed by atoms with Crippen molar-refractivity contribution in [2.75, 3.05) is 0 Å². The molecule has 1 rings (SSSR count). The van der Waals surface area contributed by atoms with Crippen molar-refractivity contribution in [2.24, 2.45) is 0 Å². The molecule has 1 unspecified atom stereocenters. The van der Waals surface area contributed by atoms with Gasteiger partial charge in [0.2, 0.25) is 0 Å². The minimum absolute atomic E-state index is 0.125. The van der Waals surface area contributed by atoms with E-state index < -0.39 is 12.0 Å². The van der Waals surface area contributed by atoms with E-state index in [0.717, 1.165) is 6.92 Å². The van der Waals surface area contributed by atoms with Crippen LogP contribution < -0.4 is 0 Å². The number of halogens is 2. The molecule has 1 atom stereocenters. The quantitative estimate of drug-likeness (QED) is 0.736. The highest BCUT2D eigenvalue weighted by Gasteiger charge is 2.34. The van der Waals surface area contributed by atoms with Gasteiger partial charge < -0.3 is 5.11 Å². The molecule has 0 amide bonds. The van der Waals surface area contributed by atoms with Crippen molar-refractivity contribution in [2.45, 2.75) is 19.0 Å². The van der Waals surface area contributed by atoms with Gasteiger partial charge in [0.15, 0.2) is 0 Å². The summed E-state index contributed by atoms with van der Waals surface area (Å²) in [6, 6.07) is 2.92. The molecule has 0 spiro atoms. The molecule has 0 aliphatic carbocycles. The Hall–Kier alpha value is -1.03. The average molecular weight is 173 g/mol. The summed E-state index contributed by atoms with van der Waals surface area (Å²) in [5.74, 6) is 0. The molecule has 0 aliphatic heterocycles. The minimum atomic E-state index is -2.80. The molecule has 0 aromatic carbocycles. The lowest BCUT2D eigenvalue weighted by Gasteiger charge is -2.21. The predicted molar refractivity (Wildman–Crippen MR) is 39.8 cm³/mol. The first-order valence-corrected chi connectivity index (χ1v) is 3.46. The Kier molecular flexibility index (Phi) is 2.38. The first-order valence-electron chi connectivity index (χ1n) is 3.46. The number of hydrogen-bond donors (Lipinski definition) is 1. The van der Waals surface area contributed by atoms with E-state index >= 15 is 0 Å². The van der Waals surface area contributed by atoms with Gasteiger partial charge in [0.1, 0.15) is 5.60 Å². The van der Waals surface area contributed by atoms with E-state index in [1.165, 1.54) is 24.5 Å². The SMILES string of the molecule is CC(O)(c1cccnc1)C(F)F. The van der Waals surface area contributed by atoms with E-state index in [1.807, 2.05) is 0 Å². The summed E-state index contributed by atoms with van der Waals surface area (Å²) in [5, 5.41) is 9.27. The standard InChI is InChI=1S/C8H9F2NO/c1-8(12,7(9)10)6-3-2-4-11-5-6/h2-5,7,12H,1H3. The number of aliphatic hydroxyl groups is 1. The van der Waals surface area contributed by atoms with Crippen molar-refractivity contribution < 1.29 is 13.9 Å². The highest BCUT2D eigenvalue weighted by Crippen LogP contribution is 2.26. The summed E-state index contributed by atoms with van der Waals surface area (Å²) >= 11 is 0. The van der Waals surface area contributed by atoms with Crippen LogP contribution in [0, 0.1) is 0 Å². The molecular formula is C8H9F2NO. The predicted octanol–water partition coefficient (Wildman–Crippen LogP) is 1.55. The Balaban J connectivity index is 2.98. The van der Waals surface area contributed by atoms with Crippen molar-refractivity contribution >= 4 is 0 Å². The molecule has 0 saturated heterocycles. The van der Waals surface area contributed by atoms with Crippen molar-refractivity contribution in [3.05, 3.63) is 30.1 Å². The fraction of sp³-hybridized carbons (Fsp3) is 0.375. The van der Waals surface area contributed by atoms with Crippen LogP contribution >= 0.6 is 0 Å². The maximum absolute atomic E-state index is 12.2. The van der Waals surface area contributed by atoms with E-state index in [4.69, 9.17) is 0 Å². The molecule has 0 bridgehead atoms. The van der Waals surface area contributed by atoms with Gasteiger partial charge in [-0.1, -0.05) is 6.07 Å². The number of pyridine rings is 1. The zero-order valence-corrected chi connectivity index (χ0v) is 6.54. The molecular weight excluding hydrogens is 164 g/mol. The summed E-state index contributed by atoms with van der Waals surface area (Å²) < 4.78 is 24.4. The van der Waals surface area contributed by atoms with Crippen LogP contribution in [0.5, 0.6) is 0 Å².